The maximum Gasteiger partial charge on any atom is 0.163 e. The molecule has 0 aliphatic carbocycles. The molecule has 0 bridgehead atoms. The third-order valence-corrected chi connectivity index (χ3v) is 4.08. The summed E-state index contributed by atoms with van der Waals surface area (Å²) in [5.41, 5.74) is 1.07. The van der Waals surface area contributed by atoms with Gasteiger partial charge in [0, 0.05) is 29.7 Å². The van der Waals surface area contributed by atoms with E-state index in [0.29, 0.717) is 34.6 Å². The Hall–Kier alpha value is -1.53. The van der Waals surface area contributed by atoms with Crippen LogP contribution in [0, 0.1) is 5.82 Å². The van der Waals surface area contributed by atoms with Crippen molar-refractivity contribution in [1.29, 1.82) is 0 Å². The van der Waals surface area contributed by atoms with E-state index in [9.17, 15) is 4.39 Å². The van der Waals surface area contributed by atoms with Crippen molar-refractivity contribution in [3.63, 3.8) is 0 Å². The number of nitrogens with one attached hydrogen (secondary N) is 1. The lowest BCUT2D eigenvalue weighted by molar-refractivity contribution is 0.279. The van der Waals surface area contributed by atoms with Gasteiger partial charge in [-0.1, -0.05) is 29.3 Å². The molecule has 2 aromatic rings. The summed E-state index contributed by atoms with van der Waals surface area (Å²) in [6, 6.07) is 7.82. The van der Waals surface area contributed by atoms with Crippen molar-refractivity contribution < 1.29 is 19.0 Å². The second kappa shape index (κ2) is 9.08. The van der Waals surface area contributed by atoms with Crippen LogP contribution in [-0.2, 0) is 13.2 Å². The van der Waals surface area contributed by atoms with Crippen molar-refractivity contribution >= 4 is 23.2 Å². The molecule has 0 atom stereocenters. The van der Waals surface area contributed by atoms with Crippen molar-refractivity contribution in [2.45, 2.75) is 13.2 Å². The molecule has 130 valence electrons. The predicted octanol–water partition coefficient (Wildman–Crippen LogP) is 3.80. The van der Waals surface area contributed by atoms with E-state index in [1.165, 1.54) is 19.2 Å². The van der Waals surface area contributed by atoms with E-state index in [1.54, 1.807) is 18.2 Å². The third kappa shape index (κ3) is 4.74. The minimum absolute atomic E-state index is 0.0410. The van der Waals surface area contributed by atoms with Crippen LogP contribution in [0.15, 0.2) is 30.3 Å². The Bertz CT molecular complexity index is 678. The normalized spacial score (nSPS) is 10.7. The van der Waals surface area contributed by atoms with E-state index in [4.69, 9.17) is 37.8 Å². The van der Waals surface area contributed by atoms with Gasteiger partial charge in [0.05, 0.1) is 18.7 Å². The second-order valence-corrected chi connectivity index (χ2v) is 5.80. The highest BCUT2D eigenvalue weighted by molar-refractivity contribution is 6.31. The van der Waals surface area contributed by atoms with Crippen LogP contribution in [0.1, 0.15) is 11.1 Å². The summed E-state index contributed by atoms with van der Waals surface area (Å²) < 4.78 is 24.8. The van der Waals surface area contributed by atoms with Gasteiger partial charge in [-0.05, 0) is 23.8 Å². The number of halogens is 3. The summed E-state index contributed by atoms with van der Waals surface area (Å²) in [5, 5.41) is 12.6. The fraction of sp³-hybridized carbons (Fsp3) is 0.294. The number of benzene rings is 2. The fourth-order valence-electron chi connectivity index (χ4n) is 2.11. The predicted molar refractivity (Wildman–Crippen MR) is 92.5 cm³/mol. The van der Waals surface area contributed by atoms with Crippen LogP contribution in [-0.4, -0.2) is 25.4 Å². The Labute approximate surface area is 150 Å². The van der Waals surface area contributed by atoms with Crippen molar-refractivity contribution in [3.05, 3.63) is 57.3 Å². The summed E-state index contributed by atoms with van der Waals surface area (Å²) in [4.78, 5) is 0. The monoisotopic (exact) mass is 373 g/mol. The standard InChI is InChI=1S/C17H18Cl2FNO3/c1-23-16-7-11(9-21-5-6-22)14(19)8-17(16)24-10-12-13(18)3-2-4-15(12)20/h2-4,7-8,21-22H,5-6,9-10H2,1H3. The lowest BCUT2D eigenvalue weighted by Gasteiger charge is -2.15. The Balaban J connectivity index is 2.16. The van der Waals surface area contributed by atoms with Gasteiger partial charge in [-0.3, -0.25) is 0 Å². The Morgan fingerprint density at radius 2 is 1.96 bits per heavy atom. The molecule has 0 saturated carbocycles. The van der Waals surface area contributed by atoms with E-state index in [2.05, 4.69) is 5.32 Å². The highest BCUT2D eigenvalue weighted by Gasteiger charge is 2.13. The van der Waals surface area contributed by atoms with Gasteiger partial charge in [0.15, 0.2) is 11.5 Å². The summed E-state index contributed by atoms with van der Waals surface area (Å²) in [6.45, 7) is 0.942. The van der Waals surface area contributed by atoms with Gasteiger partial charge in [0.1, 0.15) is 12.4 Å². The SMILES string of the molecule is COc1cc(CNCCO)c(Cl)cc1OCc1c(F)cccc1Cl. The lowest BCUT2D eigenvalue weighted by Crippen LogP contribution is -2.17. The maximum atomic E-state index is 13.8. The minimum atomic E-state index is -0.433. The molecular formula is C17H18Cl2FNO3. The Morgan fingerprint density at radius 1 is 1.17 bits per heavy atom. The molecule has 0 unspecified atom stereocenters. The number of ether oxygens (including phenoxy) is 2. The molecule has 4 nitrogen and oxygen atoms in total. The van der Waals surface area contributed by atoms with Crippen LogP contribution in [0.4, 0.5) is 4.39 Å². The molecule has 0 aromatic heterocycles. The first-order valence-corrected chi connectivity index (χ1v) is 8.06. The lowest BCUT2D eigenvalue weighted by atomic mass is 10.2. The van der Waals surface area contributed by atoms with Crippen molar-refractivity contribution in [3.8, 4) is 11.5 Å². The molecule has 24 heavy (non-hydrogen) atoms. The molecule has 2 aromatic carbocycles. The molecule has 0 heterocycles. The van der Waals surface area contributed by atoms with E-state index in [-0.39, 0.29) is 18.8 Å². The first-order valence-electron chi connectivity index (χ1n) is 7.30. The van der Waals surface area contributed by atoms with E-state index in [1.807, 2.05) is 0 Å². The number of aliphatic hydroxyl groups excluding tert-OH is 1. The summed E-state index contributed by atoms with van der Waals surface area (Å²) >= 11 is 12.2. The number of hydrogen-bond acceptors (Lipinski definition) is 4. The van der Waals surface area contributed by atoms with Gasteiger partial charge < -0.3 is 19.9 Å². The molecule has 0 saturated heterocycles. The highest BCUT2D eigenvalue weighted by atomic mass is 35.5. The average Bonchev–Trinajstić information content (AvgIpc) is 2.56. The zero-order valence-electron chi connectivity index (χ0n) is 13.1. The molecule has 2 rings (SSSR count). The number of hydrogen-bond donors (Lipinski definition) is 2. The van der Waals surface area contributed by atoms with Crippen LogP contribution in [0.2, 0.25) is 10.0 Å². The summed E-state index contributed by atoms with van der Waals surface area (Å²) in [7, 11) is 1.51. The van der Waals surface area contributed by atoms with Crippen molar-refractivity contribution in [2.75, 3.05) is 20.3 Å². The Kier molecular flexibility index (Phi) is 7.12. The minimum Gasteiger partial charge on any atom is -0.493 e. The maximum absolute atomic E-state index is 13.8. The van der Waals surface area contributed by atoms with Crippen LogP contribution in [0.5, 0.6) is 11.5 Å². The molecule has 0 aliphatic rings. The van der Waals surface area contributed by atoms with Crippen LogP contribution < -0.4 is 14.8 Å². The molecule has 0 aliphatic heterocycles. The smallest absolute Gasteiger partial charge is 0.163 e. The summed E-state index contributed by atoms with van der Waals surface area (Å²) in [6.07, 6.45) is 0. The molecule has 2 N–H and O–H groups in total. The van der Waals surface area contributed by atoms with Gasteiger partial charge in [-0.25, -0.2) is 4.39 Å². The molecular weight excluding hydrogens is 356 g/mol. The number of methoxy groups -OCH3 is 1. The van der Waals surface area contributed by atoms with E-state index in [0.717, 1.165) is 5.56 Å². The average molecular weight is 374 g/mol. The fourth-order valence-corrected chi connectivity index (χ4v) is 2.55. The summed E-state index contributed by atoms with van der Waals surface area (Å²) in [5.74, 6) is 0.442. The third-order valence-electron chi connectivity index (χ3n) is 3.37. The quantitative estimate of drug-likeness (QED) is 0.691. The van der Waals surface area contributed by atoms with Crippen molar-refractivity contribution in [1.82, 2.24) is 5.32 Å². The molecule has 0 fully saturated rings. The van der Waals surface area contributed by atoms with E-state index < -0.39 is 5.82 Å². The first-order chi connectivity index (χ1) is 11.6. The highest BCUT2D eigenvalue weighted by Crippen LogP contribution is 2.34. The second-order valence-electron chi connectivity index (χ2n) is 4.98. The molecule has 0 radical (unpaired) electrons. The topological polar surface area (TPSA) is 50.7 Å². The van der Waals surface area contributed by atoms with Gasteiger partial charge >= 0.3 is 0 Å². The first kappa shape index (κ1) is 18.8. The molecule has 0 amide bonds. The van der Waals surface area contributed by atoms with Crippen molar-refractivity contribution in [2.24, 2.45) is 0 Å². The number of aliphatic hydroxyl groups is 1. The molecule has 7 heteroatoms. The largest absolute Gasteiger partial charge is 0.493 e. The van der Waals surface area contributed by atoms with Gasteiger partial charge in [0.2, 0.25) is 0 Å². The number of rotatable bonds is 8. The van der Waals surface area contributed by atoms with Gasteiger partial charge in [0.25, 0.3) is 0 Å². The Morgan fingerprint density at radius 3 is 2.62 bits per heavy atom. The van der Waals surface area contributed by atoms with Crippen LogP contribution in [0.25, 0.3) is 0 Å². The van der Waals surface area contributed by atoms with Crippen LogP contribution in [0.3, 0.4) is 0 Å². The zero-order chi connectivity index (χ0) is 17.5. The van der Waals surface area contributed by atoms with Gasteiger partial charge in [-0.15, -0.1) is 0 Å². The zero-order valence-corrected chi connectivity index (χ0v) is 14.6. The molecule has 0 spiro atoms. The van der Waals surface area contributed by atoms with Gasteiger partial charge in [-0.2, -0.15) is 0 Å². The van der Waals surface area contributed by atoms with E-state index >= 15 is 0 Å². The van der Waals surface area contributed by atoms with Crippen LogP contribution >= 0.6 is 23.2 Å².